The van der Waals surface area contributed by atoms with Gasteiger partial charge >= 0.3 is 11.9 Å². The van der Waals surface area contributed by atoms with Crippen LogP contribution in [0.15, 0.2) is 12.1 Å². The van der Waals surface area contributed by atoms with E-state index in [1.165, 1.54) is 7.11 Å². The highest BCUT2D eigenvalue weighted by Crippen LogP contribution is 2.41. The van der Waals surface area contributed by atoms with E-state index in [2.05, 4.69) is 10.6 Å². The molecule has 0 saturated heterocycles. The molecule has 0 fully saturated rings. The van der Waals surface area contributed by atoms with Crippen LogP contribution in [0.4, 0.5) is 0 Å². The first kappa shape index (κ1) is 32.2. The number of carbonyl (C=O) groups excluding carboxylic acids is 4. The van der Waals surface area contributed by atoms with E-state index in [-0.39, 0.29) is 37.9 Å². The second kappa shape index (κ2) is 12.9. The van der Waals surface area contributed by atoms with Crippen LogP contribution >= 0.6 is 0 Å². The molecule has 10 nitrogen and oxygen atoms in total. The predicted molar refractivity (Wildman–Crippen MR) is 144 cm³/mol. The standard InChI is InChI=1S/C29H44N2O8/c1-16(2)9-22(25(35)38-8)30-24(34)23(17(3)4)31-26(36)29(27(37)39-28(5,6)7)12-18-10-20(14-32)21(15-33)11-19(18)13-29/h10-11,16-17,22-23,32-33H,9,12-15H2,1-8H3,(H,30,34)(H,31,36)/t22-,23+/m0/s1. The summed E-state index contributed by atoms with van der Waals surface area (Å²) in [5, 5.41) is 25.0. The third-order valence-electron chi connectivity index (χ3n) is 6.82. The number of carbonyl (C=O) groups is 4. The molecule has 0 bridgehead atoms. The molecule has 2 rings (SSSR count). The van der Waals surface area contributed by atoms with Crippen molar-refractivity contribution in [2.75, 3.05) is 7.11 Å². The lowest BCUT2D eigenvalue weighted by Gasteiger charge is -2.32. The average Bonchev–Trinajstić information content (AvgIpc) is 3.23. The lowest BCUT2D eigenvalue weighted by molar-refractivity contribution is -0.171. The molecule has 0 heterocycles. The van der Waals surface area contributed by atoms with Crippen LogP contribution < -0.4 is 10.6 Å². The Bertz CT molecular complexity index is 1040. The second-order valence-electron chi connectivity index (χ2n) is 12.1. The summed E-state index contributed by atoms with van der Waals surface area (Å²) in [4.78, 5) is 53.2. The fraction of sp³-hybridized carbons (Fsp3) is 0.655. The molecule has 39 heavy (non-hydrogen) atoms. The van der Waals surface area contributed by atoms with Crippen LogP contribution in [0.5, 0.6) is 0 Å². The highest BCUT2D eigenvalue weighted by Gasteiger charge is 2.53. The van der Waals surface area contributed by atoms with Crippen molar-refractivity contribution in [1.82, 2.24) is 10.6 Å². The van der Waals surface area contributed by atoms with Gasteiger partial charge in [0.1, 0.15) is 17.7 Å². The van der Waals surface area contributed by atoms with E-state index in [1.807, 2.05) is 13.8 Å². The average molecular weight is 549 g/mol. The molecule has 1 aromatic rings. The number of aliphatic hydroxyl groups excluding tert-OH is 2. The number of methoxy groups -OCH3 is 1. The van der Waals surface area contributed by atoms with Crippen molar-refractivity contribution in [3.8, 4) is 0 Å². The lowest BCUT2D eigenvalue weighted by atomic mass is 9.82. The largest absolute Gasteiger partial charge is 0.467 e. The summed E-state index contributed by atoms with van der Waals surface area (Å²) in [6, 6.07) is 1.46. The van der Waals surface area contributed by atoms with E-state index in [1.54, 1.807) is 46.8 Å². The first-order chi connectivity index (χ1) is 18.1. The Labute approximate surface area is 230 Å². The van der Waals surface area contributed by atoms with Gasteiger partial charge < -0.3 is 30.3 Å². The van der Waals surface area contributed by atoms with Crippen molar-refractivity contribution in [3.63, 3.8) is 0 Å². The van der Waals surface area contributed by atoms with Gasteiger partial charge in [0, 0.05) is 0 Å². The van der Waals surface area contributed by atoms with Gasteiger partial charge in [-0.25, -0.2) is 4.79 Å². The molecule has 0 radical (unpaired) electrons. The van der Waals surface area contributed by atoms with Gasteiger partial charge in [-0.15, -0.1) is 0 Å². The molecule has 0 saturated carbocycles. The minimum atomic E-state index is -1.66. The molecule has 218 valence electrons. The van der Waals surface area contributed by atoms with Crippen molar-refractivity contribution in [1.29, 1.82) is 0 Å². The first-order valence-electron chi connectivity index (χ1n) is 13.4. The number of hydrogen-bond acceptors (Lipinski definition) is 8. The van der Waals surface area contributed by atoms with Crippen LogP contribution in [-0.4, -0.2) is 58.8 Å². The summed E-state index contributed by atoms with van der Waals surface area (Å²) < 4.78 is 10.5. The quantitative estimate of drug-likeness (QED) is 0.242. The maximum atomic E-state index is 14.0. The molecule has 0 aromatic heterocycles. The molecule has 1 aliphatic carbocycles. The molecule has 1 aliphatic rings. The summed E-state index contributed by atoms with van der Waals surface area (Å²) in [5.74, 6) is -2.81. The first-order valence-corrected chi connectivity index (χ1v) is 13.4. The molecular formula is C29H44N2O8. The third-order valence-corrected chi connectivity index (χ3v) is 6.82. The number of amides is 2. The third kappa shape index (κ3) is 7.79. The number of esters is 2. The normalized spacial score (nSPS) is 15.9. The zero-order chi connectivity index (χ0) is 29.7. The van der Waals surface area contributed by atoms with Crippen molar-refractivity contribution >= 4 is 23.8 Å². The number of nitrogens with one attached hydrogen (secondary N) is 2. The molecule has 10 heteroatoms. The zero-order valence-corrected chi connectivity index (χ0v) is 24.3. The van der Waals surface area contributed by atoms with Crippen molar-refractivity contribution in [2.45, 2.75) is 98.6 Å². The van der Waals surface area contributed by atoms with Gasteiger partial charge in [0.25, 0.3) is 0 Å². The smallest absolute Gasteiger partial charge is 0.328 e. The summed E-state index contributed by atoms with van der Waals surface area (Å²) in [5.41, 5.74) is -0.143. The van der Waals surface area contributed by atoms with Crippen LogP contribution in [0.1, 0.15) is 77.1 Å². The van der Waals surface area contributed by atoms with Crippen LogP contribution in [0.2, 0.25) is 0 Å². The molecule has 2 amide bonds. The summed E-state index contributed by atoms with van der Waals surface area (Å²) in [6.45, 7) is 11.8. The molecule has 0 aliphatic heterocycles. The topological polar surface area (TPSA) is 151 Å². The highest BCUT2D eigenvalue weighted by molar-refractivity contribution is 6.05. The Kier molecular flexibility index (Phi) is 10.7. The van der Waals surface area contributed by atoms with E-state index < -0.39 is 46.9 Å². The SMILES string of the molecule is COC(=O)[C@H](CC(C)C)NC(=O)[C@H](NC(=O)C1(C(=O)OC(C)(C)C)Cc2cc(CO)c(CO)cc2C1)C(C)C. The molecule has 2 atom stereocenters. The van der Waals surface area contributed by atoms with Crippen molar-refractivity contribution < 1.29 is 38.9 Å². The number of rotatable bonds is 11. The lowest BCUT2D eigenvalue weighted by Crippen LogP contribution is -2.58. The predicted octanol–water partition coefficient (Wildman–Crippen LogP) is 1.94. The monoisotopic (exact) mass is 548 g/mol. The Morgan fingerprint density at radius 1 is 0.949 bits per heavy atom. The molecule has 0 unspecified atom stereocenters. The number of benzene rings is 1. The van der Waals surface area contributed by atoms with E-state index in [0.717, 1.165) is 0 Å². The highest BCUT2D eigenvalue weighted by atomic mass is 16.6. The van der Waals surface area contributed by atoms with Gasteiger partial charge in [0.15, 0.2) is 5.41 Å². The van der Waals surface area contributed by atoms with Crippen LogP contribution in [0.25, 0.3) is 0 Å². The van der Waals surface area contributed by atoms with E-state index in [4.69, 9.17) is 9.47 Å². The summed E-state index contributed by atoms with van der Waals surface area (Å²) in [6.07, 6.45) is 0.368. The number of ether oxygens (including phenoxy) is 2. The second-order valence-corrected chi connectivity index (χ2v) is 12.1. The van der Waals surface area contributed by atoms with E-state index in [9.17, 15) is 29.4 Å². The van der Waals surface area contributed by atoms with Crippen LogP contribution in [0.3, 0.4) is 0 Å². The molecule has 4 N–H and O–H groups in total. The van der Waals surface area contributed by atoms with E-state index in [0.29, 0.717) is 28.7 Å². The van der Waals surface area contributed by atoms with Crippen molar-refractivity contribution in [3.05, 3.63) is 34.4 Å². The van der Waals surface area contributed by atoms with Crippen LogP contribution in [-0.2, 0) is 54.7 Å². The summed E-state index contributed by atoms with van der Waals surface area (Å²) >= 11 is 0. The zero-order valence-electron chi connectivity index (χ0n) is 24.3. The van der Waals surface area contributed by atoms with Gasteiger partial charge in [0.2, 0.25) is 11.8 Å². The maximum absolute atomic E-state index is 14.0. The van der Waals surface area contributed by atoms with Gasteiger partial charge in [-0.2, -0.15) is 0 Å². The van der Waals surface area contributed by atoms with Gasteiger partial charge in [-0.3, -0.25) is 14.4 Å². The maximum Gasteiger partial charge on any atom is 0.328 e. The molecule has 0 spiro atoms. The number of hydrogen-bond donors (Lipinski definition) is 4. The summed E-state index contributed by atoms with van der Waals surface area (Å²) in [7, 11) is 1.25. The van der Waals surface area contributed by atoms with E-state index >= 15 is 0 Å². The molecular weight excluding hydrogens is 504 g/mol. The van der Waals surface area contributed by atoms with Gasteiger partial charge in [0.05, 0.1) is 20.3 Å². The fourth-order valence-electron chi connectivity index (χ4n) is 4.80. The Morgan fingerprint density at radius 3 is 1.85 bits per heavy atom. The molecule has 1 aromatic carbocycles. The number of aliphatic hydroxyl groups is 2. The minimum Gasteiger partial charge on any atom is -0.467 e. The van der Waals surface area contributed by atoms with Crippen LogP contribution in [0, 0.1) is 17.3 Å². The van der Waals surface area contributed by atoms with Gasteiger partial charge in [-0.1, -0.05) is 39.8 Å². The van der Waals surface area contributed by atoms with Crippen molar-refractivity contribution in [2.24, 2.45) is 17.3 Å². The minimum absolute atomic E-state index is 0.00631. The Balaban J connectivity index is 2.44. The fourth-order valence-corrected chi connectivity index (χ4v) is 4.80. The Morgan fingerprint density at radius 2 is 1.46 bits per heavy atom. The number of fused-ring (bicyclic) bond motifs is 1. The van der Waals surface area contributed by atoms with Gasteiger partial charge in [-0.05, 0) is 74.1 Å². The Hall–Kier alpha value is -2.98.